The Morgan fingerprint density at radius 1 is 1.21 bits per heavy atom. The first kappa shape index (κ1) is 26.1. The van der Waals surface area contributed by atoms with Gasteiger partial charge in [0.1, 0.15) is 29.8 Å². The maximum atomic E-state index is 12.6. The van der Waals surface area contributed by atoms with Gasteiger partial charge in [0.15, 0.2) is 5.82 Å². The summed E-state index contributed by atoms with van der Waals surface area (Å²) in [5, 5.41) is 13.3. The third kappa shape index (κ3) is 5.26. The van der Waals surface area contributed by atoms with Gasteiger partial charge in [-0.2, -0.15) is 13.2 Å². The van der Waals surface area contributed by atoms with Gasteiger partial charge in [-0.15, -0.1) is 14.8 Å². The molecule has 0 aliphatic carbocycles. The number of nitrogens with one attached hydrogen (secondary N) is 2. The van der Waals surface area contributed by atoms with Gasteiger partial charge in [-0.05, 0) is 48.4 Å². The lowest BCUT2D eigenvalue weighted by Gasteiger charge is -2.13. The van der Waals surface area contributed by atoms with Crippen molar-refractivity contribution in [1.29, 1.82) is 0 Å². The number of hydrogen-bond donors (Lipinski definition) is 3. The van der Waals surface area contributed by atoms with Crippen LogP contribution in [0.25, 0.3) is 27.9 Å². The van der Waals surface area contributed by atoms with Crippen molar-refractivity contribution in [2.45, 2.75) is 13.1 Å². The van der Waals surface area contributed by atoms with E-state index in [1.807, 2.05) is 12.2 Å². The van der Waals surface area contributed by atoms with Crippen LogP contribution in [-0.4, -0.2) is 51.5 Å². The normalized spacial score (nSPS) is 11.3. The molecular weight excluding hydrogens is 503 g/mol. The Kier molecular flexibility index (Phi) is 7.02. The van der Waals surface area contributed by atoms with E-state index in [9.17, 15) is 22.8 Å². The highest BCUT2D eigenvalue weighted by molar-refractivity contribution is 6.01. The fourth-order valence-corrected chi connectivity index (χ4v) is 3.89. The number of anilines is 2. The van der Waals surface area contributed by atoms with Crippen LogP contribution in [0.1, 0.15) is 15.9 Å². The Bertz CT molecular complexity index is 1560. The standard InChI is InChI=1S/C25H22F3N7O3/c1-4-19(36)33-15-6-8-16(13(2)9-15)21-20(22-23(29)31-12-32-35(22)34-21)14-5-7-17(18(10-14)38-3)24(37)30-11-25(26,27)28/h4-10,12H,1,11H2,2-3H3,(H,30,37)(H,33,36)(H2,29,31,32). The maximum Gasteiger partial charge on any atom is 0.405 e. The van der Waals surface area contributed by atoms with Gasteiger partial charge in [-0.3, -0.25) is 9.59 Å². The predicted molar refractivity (Wildman–Crippen MR) is 135 cm³/mol. The quantitative estimate of drug-likeness (QED) is 0.313. The Morgan fingerprint density at radius 2 is 1.97 bits per heavy atom. The SMILES string of the molecule is C=CC(=O)Nc1ccc(-c2nn3ncnc(N)c3c2-c2ccc(C(=O)NCC(F)(F)F)c(OC)c2)c(C)c1. The van der Waals surface area contributed by atoms with Gasteiger partial charge >= 0.3 is 6.18 Å². The summed E-state index contributed by atoms with van der Waals surface area (Å²) >= 11 is 0. The maximum absolute atomic E-state index is 12.6. The number of aryl methyl sites for hydroxylation is 1. The van der Waals surface area contributed by atoms with E-state index in [-0.39, 0.29) is 23.0 Å². The summed E-state index contributed by atoms with van der Waals surface area (Å²) < 4.78 is 44.4. The highest BCUT2D eigenvalue weighted by Crippen LogP contribution is 2.40. The van der Waals surface area contributed by atoms with Crippen LogP contribution in [0.2, 0.25) is 0 Å². The largest absolute Gasteiger partial charge is 0.496 e. The smallest absolute Gasteiger partial charge is 0.405 e. The number of methoxy groups -OCH3 is 1. The number of carbonyl (C=O) groups excluding carboxylic acids is 2. The molecule has 2 amide bonds. The van der Waals surface area contributed by atoms with E-state index < -0.39 is 18.6 Å². The topological polar surface area (TPSA) is 137 Å². The lowest BCUT2D eigenvalue weighted by Crippen LogP contribution is -2.33. The molecule has 13 heteroatoms. The van der Waals surface area contributed by atoms with Gasteiger partial charge in [0.25, 0.3) is 5.91 Å². The summed E-state index contributed by atoms with van der Waals surface area (Å²) in [6.45, 7) is 3.79. The third-order valence-corrected chi connectivity index (χ3v) is 5.59. The number of halogens is 3. The molecule has 10 nitrogen and oxygen atoms in total. The summed E-state index contributed by atoms with van der Waals surface area (Å²) in [7, 11) is 1.30. The van der Waals surface area contributed by atoms with Gasteiger partial charge < -0.3 is 21.1 Å². The van der Waals surface area contributed by atoms with E-state index >= 15 is 0 Å². The molecule has 38 heavy (non-hydrogen) atoms. The molecule has 0 saturated carbocycles. The van der Waals surface area contributed by atoms with Crippen molar-refractivity contribution in [2.75, 3.05) is 24.7 Å². The second kappa shape index (κ2) is 10.2. The predicted octanol–water partition coefficient (Wildman–Crippen LogP) is 3.77. The molecular formula is C25H22F3N7O3. The van der Waals surface area contributed by atoms with Crippen LogP contribution in [0, 0.1) is 6.92 Å². The Labute approximate surface area is 214 Å². The summed E-state index contributed by atoms with van der Waals surface area (Å²) in [6, 6.07) is 9.62. The lowest BCUT2D eigenvalue weighted by molar-refractivity contribution is -0.123. The van der Waals surface area contributed by atoms with E-state index in [0.29, 0.717) is 33.6 Å². The van der Waals surface area contributed by atoms with Crippen LogP contribution < -0.4 is 21.1 Å². The van der Waals surface area contributed by atoms with Gasteiger partial charge in [0, 0.05) is 16.8 Å². The van der Waals surface area contributed by atoms with Crippen LogP contribution in [0.3, 0.4) is 0 Å². The van der Waals surface area contributed by atoms with Crippen LogP contribution in [0.5, 0.6) is 5.75 Å². The van der Waals surface area contributed by atoms with E-state index in [4.69, 9.17) is 10.5 Å². The van der Waals surface area contributed by atoms with Crippen LogP contribution in [0.15, 0.2) is 55.4 Å². The number of nitrogens with zero attached hydrogens (tertiary/aromatic N) is 4. The number of ether oxygens (including phenoxy) is 1. The molecule has 4 aromatic rings. The average molecular weight is 525 g/mol. The van der Waals surface area contributed by atoms with Crippen molar-refractivity contribution in [1.82, 2.24) is 25.1 Å². The minimum absolute atomic E-state index is 0.0436. The van der Waals surface area contributed by atoms with Crippen LogP contribution >= 0.6 is 0 Å². The van der Waals surface area contributed by atoms with Crippen molar-refractivity contribution < 1.29 is 27.5 Å². The molecule has 0 fully saturated rings. The van der Waals surface area contributed by atoms with E-state index in [1.165, 1.54) is 30.2 Å². The first-order valence-corrected chi connectivity index (χ1v) is 11.1. The van der Waals surface area contributed by atoms with Gasteiger partial charge in [0.05, 0.1) is 12.7 Å². The highest BCUT2D eigenvalue weighted by Gasteiger charge is 2.29. The molecule has 2 aromatic carbocycles. The first-order chi connectivity index (χ1) is 18.0. The van der Waals surface area contributed by atoms with E-state index in [1.54, 1.807) is 24.3 Å². The molecule has 4 rings (SSSR count). The Hall–Kier alpha value is -4.94. The first-order valence-electron chi connectivity index (χ1n) is 11.1. The van der Waals surface area contributed by atoms with Gasteiger partial charge in [0.2, 0.25) is 5.91 Å². The Balaban J connectivity index is 1.85. The van der Waals surface area contributed by atoms with Gasteiger partial charge in [-0.1, -0.05) is 18.7 Å². The Morgan fingerprint density at radius 3 is 2.63 bits per heavy atom. The molecule has 0 atom stereocenters. The average Bonchev–Trinajstić information content (AvgIpc) is 3.27. The number of rotatable bonds is 7. The number of aromatic nitrogens is 4. The molecule has 4 N–H and O–H groups in total. The van der Waals surface area contributed by atoms with Crippen LogP contribution in [-0.2, 0) is 4.79 Å². The number of hydrogen-bond acceptors (Lipinski definition) is 7. The number of amides is 2. The van der Waals surface area contributed by atoms with Crippen molar-refractivity contribution >= 4 is 28.8 Å². The zero-order valence-electron chi connectivity index (χ0n) is 20.3. The second-order valence-corrected chi connectivity index (χ2v) is 8.14. The number of fused-ring (bicyclic) bond motifs is 1. The minimum Gasteiger partial charge on any atom is -0.496 e. The van der Waals surface area contributed by atoms with Crippen molar-refractivity contribution in [3.8, 4) is 28.1 Å². The van der Waals surface area contributed by atoms with Crippen LogP contribution in [0.4, 0.5) is 24.7 Å². The van der Waals surface area contributed by atoms with Crippen molar-refractivity contribution in [3.63, 3.8) is 0 Å². The lowest BCUT2D eigenvalue weighted by atomic mass is 9.95. The van der Waals surface area contributed by atoms with Crippen molar-refractivity contribution in [3.05, 3.63) is 66.5 Å². The molecule has 0 spiro atoms. The molecule has 196 valence electrons. The molecule has 0 saturated heterocycles. The minimum atomic E-state index is -4.56. The van der Waals surface area contributed by atoms with Crippen molar-refractivity contribution in [2.24, 2.45) is 0 Å². The van der Waals surface area contributed by atoms with E-state index in [0.717, 1.165) is 11.6 Å². The zero-order valence-corrected chi connectivity index (χ0v) is 20.3. The number of benzene rings is 2. The molecule has 2 aromatic heterocycles. The summed E-state index contributed by atoms with van der Waals surface area (Å²) in [4.78, 5) is 28.2. The fraction of sp³-hybridized carbons (Fsp3) is 0.160. The summed E-state index contributed by atoms with van der Waals surface area (Å²) in [5.74, 6) is -1.13. The van der Waals surface area contributed by atoms with E-state index in [2.05, 4.69) is 27.1 Å². The molecule has 0 radical (unpaired) electrons. The zero-order chi connectivity index (χ0) is 27.6. The summed E-state index contributed by atoms with van der Waals surface area (Å²) in [5.41, 5.74) is 9.95. The highest BCUT2D eigenvalue weighted by atomic mass is 19.4. The molecule has 2 heterocycles. The third-order valence-electron chi connectivity index (χ3n) is 5.59. The number of nitrogens with two attached hydrogens (primary N) is 1. The molecule has 0 aliphatic rings. The monoisotopic (exact) mass is 525 g/mol. The number of alkyl halides is 3. The molecule has 0 unspecified atom stereocenters. The van der Waals surface area contributed by atoms with Gasteiger partial charge in [-0.25, -0.2) is 4.98 Å². The molecule has 0 bridgehead atoms. The second-order valence-electron chi connectivity index (χ2n) is 8.14. The number of nitrogen functional groups attached to an aromatic ring is 1. The number of carbonyl (C=O) groups is 2. The fourth-order valence-electron chi connectivity index (χ4n) is 3.89. The molecule has 0 aliphatic heterocycles. The summed E-state index contributed by atoms with van der Waals surface area (Å²) in [6.07, 6.45) is -2.15.